The quantitative estimate of drug-likeness (QED) is 0.668. The van der Waals surface area contributed by atoms with E-state index in [2.05, 4.69) is 25.5 Å². The molecule has 0 saturated heterocycles. The number of nitrogens with one attached hydrogen (secondary N) is 1. The fourth-order valence-corrected chi connectivity index (χ4v) is 3.73. The molecule has 3 aromatic rings. The fourth-order valence-electron chi connectivity index (χ4n) is 3.73. The molecule has 0 radical (unpaired) electrons. The van der Waals surface area contributed by atoms with Crippen molar-refractivity contribution in [3.8, 4) is 11.6 Å². The van der Waals surface area contributed by atoms with Gasteiger partial charge in [0.15, 0.2) is 0 Å². The normalized spacial score (nSPS) is 18.9. The summed E-state index contributed by atoms with van der Waals surface area (Å²) in [6.07, 6.45) is 7.45. The highest BCUT2D eigenvalue weighted by Crippen LogP contribution is 2.35. The van der Waals surface area contributed by atoms with E-state index in [1.54, 1.807) is 24.5 Å². The van der Waals surface area contributed by atoms with Crippen molar-refractivity contribution in [3.05, 3.63) is 59.6 Å². The van der Waals surface area contributed by atoms with Gasteiger partial charge in [-0.05, 0) is 56.2 Å². The molecule has 0 unspecified atom stereocenters. The topological polar surface area (TPSA) is 93.8 Å². The number of halogens is 1. The standard InChI is InChI=1S/C22H24FN5O2/c1-14-11-25-19(13-24-14)22-28-27-21(30-22)17-6-2-16(3-7-17)12-26-20(29)10-15-4-8-18(23)9-5-15/h4-5,8-9,11,13,16-17H,2-3,6-7,10,12H2,1H3,(H,26,29). The molecule has 1 fully saturated rings. The van der Waals surface area contributed by atoms with E-state index < -0.39 is 0 Å². The minimum atomic E-state index is -0.295. The van der Waals surface area contributed by atoms with Gasteiger partial charge in [0.1, 0.15) is 11.5 Å². The van der Waals surface area contributed by atoms with Gasteiger partial charge in [0.25, 0.3) is 5.89 Å². The Morgan fingerprint density at radius 1 is 1.10 bits per heavy atom. The van der Waals surface area contributed by atoms with Gasteiger partial charge in [0.2, 0.25) is 11.8 Å². The van der Waals surface area contributed by atoms with E-state index in [1.165, 1.54) is 12.1 Å². The highest BCUT2D eigenvalue weighted by atomic mass is 19.1. The van der Waals surface area contributed by atoms with Gasteiger partial charge in [-0.15, -0.1) is 10.2 Å². The van der Waals surface area contributed by atoms with Crippen molar-refractivity contribution in [2.75, 3.05) is 6.54 Å². The maximum absolute atomic E-state index is 13.0. The van der Waals surface area contributed by atoms with Crippen LogP contribution >= 0.6 is 0 Å². The van der Waals surface area contributed by atoms with Gasteiger partial charge in [-0.3, -0.25) is 9.78 Å². The second kappa shape index (κ2) is 9.11. The molecule has 0 atom stereocenters. The van der Waals surface area contributed by atoms with Crippen molar-refractivity contribution in [1.29, 1.82) is 0 Å². The Morgan fingerprint density at radius 2 is 1.87 bits per heavy atom. The Hall–Kier alpha value is -3.16. The molecule has 8 heteroatoms. The maximum Gasteiger partial charge on any atom is 0.267 e. The molecular formula is C22H24FN5O2. The van der Waals surface area contributed by atoms with Crippen molar-refractivity contribution in [1.82, 2.24) is 25.5 Å². The zero-order valence-corrected chi connectivity index (χ0v) is 16.8. The van der Waals surface area contributed by atoms with Crippen molar-refractivity contribution in [2.24, 2.45) is 5.92 Å². The molecule has 0 bridgehead atoms. The number of nitrogens with zero attached hydrogens (tertiary/aromatic N) is 4. The predicted molar refractivity (Wildman–Crippen MR) is 108 cm³/mol. The van der Waals surface area contributed by atoms with E-state index in [0.29, 0.717) is 29.9 Å². The average Bonchev–Trinajstić information content (AvgIpc) is 3.25. The molecule has 0 aliphatic heterocycles. The summed E-state index contributed by atoms with van der Waals surface area (Å²) in [5.74, 6) is 1.37. The number of carbonyl (C=O) groups is 1. The van der Waals surface area contributed by atoms with Crippen LogP contribution in [0.3, 0.4) is 0 Å². The molecular weight excluding hydrogens is 385 g/mol. The summed E-state index contributed by atoms with van der Waals surface area (Å²) in [6, 6.07) is 6.03. The monoisotopic (exact) mass is 409 g/mol. The third kappa shape index (κ3) is 5.06. The molecule has 30 heavy (non-hydrogen) atoms. The number of benzene rings is 1. The molecule has 2 heterocycles. The predicted octanol–water partition coefficient (Wildman–Crippen LogP) is 3.61. The molecule has 4 rings (SSSR count). The first-order valence-electron chi connectivity index (χ1n) is 10.2. The average molecular weight is 409 g/mol. The van der Waals surface area contributed by atoms with Gasteiger partial charge >= 0.3 is 0 Å². The summed E-state index contributed by atoms with van der Waals surface area (Å²) in [5, 5.41) is 11.3. The Bertz CT molecular complexity index is 980. The highest BCUT2D eigenvalue weighted by Gasteiger charge is 2.27. The minimum Gasteiger partial charge on any atom is -0.419 e. The number of aryl methyl sites for hydroxylation is 1. The lowest BCUT2D eigenvalue weighted by Gasteiger charge is -2.26. The summed E-state index contributed by atoms with van der Waals surface area (Å²) in [6.45, 7) is 2.53. The van der Waals surface area contributed by atoms with Gasteiger partial charge < -0.3 is 9.73 Å². The van der Waals surface area contributed by atoms with Crippen LogP contribution in [0.5, 0.6) is 0 Å². The Morgan fingerprint density at radius 3 is 2.57 bits per heavy atom. The van der Waals surface area contributed by atoms with Crippen LogP contribution in [0.4, 0.5) is 4.39 Å². The second-order valence-electron chi connectivity index (χ2n) is 7.81. The molecule has 7 nitrogen and oxygen atoms in total. The van der Waals surface area contributed by atoms with Crippen LogP contribution in [-0.2, 0) is 11.2 Å². The summed E-state index contributed by atoms with van der Waals surface area (Å²) >= 11 is 0. The van der Waals surface area contributed by atoms with E-state index in [-0.39, 0.29) is 24.1 Å². The molecule has 2 aromatic heterocycles. The number of carbonyl (C=O) groups excluding carboxylic acids is 1. The van der Waals surface area contributed by atoms with Gasteiger partial charge in [0.05, 0.1) is 18.3 Å². The zero-order valence-electron chi connectivity index (χ0n) is 16.8. The van der Waals surface area contributed by atoms with Gasteiger partial charge in [-0.2, -0.15) is 0 Å². The summed E-state index contributed by atoms with van der Waals surface area (Å²) in [5.41, 5.74) is 2.22. The summed E-state index contributed by atoms with van der Waals surface area (Å²) in [4.78, 5) is 20.6. The first-order chi connectivity index (χ1) is 14.6. The van der Waals surface area contributed by atoms with Crippen molar-refractivity contribution in [2.45, 2.75) is 44.9 Å². The van der Waals surface area contributed by atoms with Crippen LogP contribution in [-0.4, -0.2) is 32.6 Å². The van der Waals surface area contributed by atoms with Crippen LogP contribution < -0.4 is 5.32 Å². The van der Waals surface area contributed by atoms with Crippen LogP contribution in [0.15, 0.2) is 41.1 Å². The van der Waals surface area contributed by atoms with E-state index in [0.717, 1.165) is 36.9 Å². The SMILES string of the molecule is Cc1cnc(-c2nnc(C3CCC(CNC(=O)Cc4ccc(F)cc4)CC3)o2)cn1. The van der Waals surface area contributed by atoms with Gasteiger partial charge in [0, 0.05) is 18.7 Å². The lowest BCUT2D eigenvalue weighted by atomic mass is 9.82. The Balaban J connectivity index is 1.23. The first-order valence-corrected chi connectivity index (χ1v) is 10.2. The zero-order chi connectivity index (χ0) is 20.9. The third-order valence-corrected chi connectivity index (χ3v) is 5.50. The lowest BCUT2D eigenvalue weighted by Crippen LogP contribution is -2.32. The molecule has 1 N–H and O–H groups in total. The molecule has 1 aromatic carbocycles. The number of rotatable bonds is 6. The molecule has 1 saturated carbocycles. The molecule has 156 valence electrons. The van der Waals surface area contributed by atoms with Crippen LogP contribution in [0.1, 0.15) is 48.7 Å². The van der Waals surface area contributed by atoms with Crippen molar-refractivity contribution < 1.29 is 13.6 Å². The molecule has 0 spiro atoms. The smallest absolute Gasteiger partial charge is 0.267 e. The van der Waals surface area contributed by atoms with Gasteiger partial charge in [-0.25, -0.2) is 9.37 Å². The summed E-state index contributed by atoms with van der Waals surface area (Å²) < 4.78 is 18.8. The number of aromatic nitrogens is 4. The molecule has 1 amide bonds. The molecule has 1 aliphatic carbocycles. The minimum absolute atomic E-state index is 0.0375. The van der Waals surface area contributed by atoms with Crippen LogP contribution in [0, 0.1) is 18.7 Å². The van der Waals surface area contributed by atoms with Crippen molar-refractivity contribution >= 4 is 5.91 Å². The Kier molecular flexibility index (Phi) is 6.11. The van der Waals surface area contributed by atoms with E-state index >= 15 is 0 Å². The van der Waals surface area contributed by atoms with E-state index in [9.17, 15) is 9.18 Å². The largest absolute Gasteiger partial charge is 0.419 e. The van der Waals surface area contributed by atoms with Crippen molar-refractivity contribution in [3.63, 3.8) is 0 Å². The lowest BCUT2D eigenvalue weighted by molar-refractivity contribution is -0.120. The van der Waals surface area contributed by atoms with Crippen LogP contribution in [0.25, 0.3) is 11.6 Å². The van der Waals surface area contributed by atoms with Crippen LogP contribution in [0.2, 0.25) is 0 Å². The summed E-state index contributed by atoms with van der Waals surface area (Å²) in [7, 11) is 0. The van der Waals surface area contributed by atoms with Gasteiger partial charge in [-0.1, -0.05) is 12.1 Å². The number of hydrogen-bond acceptors (Lipinski definition) is 6. The van der Waals surface area contributed by atoms with E-state index in [1.807, 2.05) is 6.92 Å². The number of hydrogen-bond donors (Lipinski definition) is 1. The maximum atomic E-state index is 13.0. The third-order valence-electron chi connectivity index (χ3n) is 5.50. The molecule has 1 aliphatic rings. The first kappa shape index (κ1) is 20.1. The fraction of sp³-hybridized carbons (Fsp3) is 0.409. The number of amides is 1. The van der Waals surface area contributed by atoms with E-state index in [4.69, 9.17) is 4.42 Å². The Labute approximate surface area is 174 Å². The highest BCUT2D eigenvalue weighted by molar-refractivity contribution is 5.78. The second-order valence-corrected chi connectivity index (χ2v) is 7.81.